The fourth-order valence-corrected chi connectivity index (χ4v) is 1.88. The minimum absolute atomic E-state index is 0.187. The van der Waals surface area contributed by atoms with E-state index in [1.807, 2.05) is 39.8 Å². The summed E-state index contributed by atoms with van der Waals surface area (Å²) in [5.74, 6) is 1.39. The fraction of sp³-hybridized carbons (Fsp3) is 0.429. The van der Waals surface area contributed by atoms with Crippen molar-refractivity contribution in [2.45, 2.75) is 33.7 Å². The number of hydrogen-bond acceptors (Lipinski definition) is 4. The topological polar surface area (TPSA) is 64.9 Å². The Hall–Kier alpha value is -1.68. The third-order valence-electron chi connectivity index (χ3n) is 2.93. The van der Waals surface area contributed by atoms with Crippen LogP contribution >= 0.6 is 0 Å². The predicted molar refractivity (Wildman–Crippen MR) is 71.0 cm³/mol. The molecule has 0 saturated heterocycles. The number of hydrogen-bond donors (Lipinski definition) is 1. The second kappa shape index (κ2) is 4.90. The maximum atomic E-state index is 6.00. The molecule has 1 heterocycles. The molecule has 2 aromatic rings. The molecule has 4 nitrogen and oxygen atoms in total. The highest BCUT2D eigenvalue weighted by atomic mass is 16.5. The van der Waals surface area contributed by atoms with Crippen molar-refractivity contribution >= 4 is 0 Å². The predicted octanol–water partition coefficient (Wildman–Crippen LogP) is 3.01. The zero-order valence-corrected chi connectivity index (χ0v) is 11.3. The van der Waals surface area contributed by atoms with Gasteiger partial charge in [-0.1, -0.05) is 36.2 Å². The minimum Gasteiger partial charge on any atom is -0.334 e. The van der Waals surface area contributed by atoms with Gasteiger partial charge in [-0.15, -0.1) is 0 Å². The van der Waals surface area contributed by atoms with Crippen molar-refractivity contribution in [3.63, 3.8) is 0 Å². The Labute approximate surface area is 107 Å². The molecule has 0 spiro atoms. The van der Waals surface area contributed by atoms with Crippen LogP contribution < -0.4 is 5.73 Å². The van der Waals surface area contributed by atoms with Crippen molar-refractivity contribution in [2.24, 2.45) is 11.7 Å². The molecular weight excluding hydrogens is 226 g/mol. The van der Waals surface area contributed by atoms with E-state index in [2.05, 4.69) is 16.2 Å². The normalized spacial score (nSPS) is 13.0. The zero-order chi connectivity index (χ0) is 13.3. The van der Waals surface area contributed by atoms with Crippen molar-refractivity contribution < 1.29 is 4.52 Å². The largest absolute Gasteiger partial charge is 0.334 e. The fourth-order valence-electron chi connectivity index (χ4n) is 1.88. The van der Waals surface area contributed by atoms with Crippen LogP contribution in [-0.2, 0) is 0 Å². The molecule has 1 aromatic heterocycles. The van der Waals surface area contributed by atoms with Crippen LogP contribution in [0.3, 0.4) is 0 Å². The molecule has 1 unspecified atom stereocenters. The molecule has 0 aliphatic heterocycles. The lowest BCUT2D eigenvalue weighted by atomic mass is 10.1. The van der Waals surface area contributed by atoms with Crippen molar-refractivity contribution in [1.82, 2.24) is 10.1 Å². The van der Waals surface area contributed by atoms with E-state index in [1.165, 1.54) is 11.1 Å². The van der Waals surface area contributed by atoms with E-state index in [-0.39, 0.29) is 12.0 Å². The molecule has 0 bridgehead atoms. The van der Waals surface area contributed by atoms with Crippen LogP contribution in [0.2, 0.25) is 0 Å². The molecule has 0 fully saturated rings. The van der Waals surface area contributed by atoms with Gasteiger partial charge in [0.1, 0.15) is 0 Å². The number of benzene rings is 1. The molecule has 18 heavy (non-hydrogen) atoms. The van der Waals surface area contributed by atoms with Gasteiger partial charge in [0.05, 0.1) is 6.04 Å². The minimum atomic E-state index is -0.187. The van der Waals surface area contributed by atoms with Crippen LogP contribution in [0.15, 0.2) is 22.7 Å². The first-order chi connectivity index (χ1) is 8.47. The van der Waals surface area contributed by atoms with Crippen LogP contribution in [0.25, 0.3) is 11.5 Å². The van der Waals surface area contributed by atoms with Gasteiger partial charge < -0.3 is 10.3 Å². The molecule has 1 atom stereocenters. The zero-order valence-electron chi connectivity index (χ0n) is 11.3. The number of nitrogens with two attached hydrogens (primary N) is 1. The molecule has 2 N–H and O–H groups in total. The highest BCUT2D eigenvalue weighted by Gasteiger charge is 2.18. The lowest BCUT2D eigenvalue weighted by Gasteiger charge is -2.09. The molecule has 0 aliphatic carbocycles. The Bertz CT molecular complexity index is 525. The van der Waals surface area contributed by atoms with Crippen molar-refractivity contribution in [3.8, 4) is 11.5 Å². The molecule has 0 radical (unpaired) electrons. The maximum absolute atomic E-state index is 6.00. The van der Waals surface area contributed by atoms with Crippen LogP contribution in [-0.4, -0.2) is 10.1 Å². The smallest absolute Gasteiger partial charge is 0.257 e. The number of rotatable bonds is 3. The lowest BCUT2D eigenvalue weighted by molar-refractivity contribution is 0.400. The Morgan fingerprint density at radius 2 is 1.72 bits per heavy atom. The van der Waals surface area contributed by atoms with Gasteiger partial charge in [-0.2, -0.15) is 4.98 Å². The maximum Gasteiger partial charge on any atom is 0.257 e. The summed E-state index contributed by atoms with van der Waals surface area (Å²) in [7, 11) is 0. The summed E-state index contributed by atoms with van der Waals surface area (Å²) in [4.78, 5) is 4.38. The van der Waals surface area contributed by atoms with E-state index in [9.17, 15) is 0 Å². The summed E-state index contributed by atoms with van der Waals surface area (Å²) in [6, 6.07) is 5.99. The van der Waals surface area contributed by atoms with E-state index < -0.39 is 0 Å². The quantitative estimate of drug-likeness (QED) is 0.902. The molecule has 2 rings (SSSR count). The first-order valence-corrected chi connectivity index (χ1v) is 6.15. The average Bonchev–Trinajstić information content (AvgIpc) is 2.75. The number of aryl methyl sites for hydroxylation is 2. The third-order valence-corrected chi connectivity index (χ3v) is 2.93. The van der Waals surface area contributed by atoms with Crippen LogP contribution in [0, 0.1) is 19.8 Å². The van der Waals surface area contributed by atoms with E-state index in [0.29, 0.717) is 11.7 Å². The number of aromatic nitrogens is 2. The van der Waals surface area contributed by atoms with Gasteiger partial charge in [0.15, 0.2) is 5.82 Å². The Kier molecular flexibility index (Phi) is 3.48. The second-order valence-corrected chi connectivity index (χ2v) is 5.10. The lowest BCUT2D eigenvalue weighted by Crippen LogP contribution is -2.18. The average molecular weight is 245 g/mol. The van der Waals surface area contributed by atoms with Gasteiger partial charge in [-0.25, -0.2) is 0 Å². The summed E-state index contributed by atoms with van der Waals surface area (Å²) in [6.45, 7) is 8.18. The summed E-state index contributed by atoms with van der Waals surface area (Å²) < 4.78 is 5.29. The molecule has 0 aliphatic rings. The first-order valence-electron chi connectivity index (χ1n) is 6.15. The highest BCUT2D eigenvalue weighted by Crippen LogP contribution is 2.23. The SMILES string of the molecule is Cc1cc(C)cc(-c2nc(C(N)C(C)C)no2)c1. The summed E-state index contributed by atoms with van der Waals surface area (Å²) in [6.07, 6.45) is 0. The van der Waals surface area contributed by atoms with Crippen LogP contribution in [0.1, 0.15) is 36.8 Å². The monoisotopic (exact) mass is 245 g/mol. The summed E-state index contributed by atoms with van der Waals surface area (Å²) in [5, 5.41) is 3.96. The number of nitrogens with zero attached hydrogens (tertiary/aromatic N) is 2. The van der Waals surface area contributed by atoms with Gasteiger partial charge in [-0.05, 0) is 31.9 Å². The first kappa shape index (κ1) is 12.8. The second-order valence-electron chi connectivity index (χ2n) is 5.10. The molecule has 4 heteroatoms. The van der Waals surface area contributed by atoms with Crippen LogP contribution in [0.5, 0.6) is 0 Å². The van der Waals surface area contributed by atoms with Crippen molar-refractivity contribution in [3.05, 3.63) is 35.2 Å². The van der Waals surface area contributed by atoms with Gasteiger partial charge >= 0.3 is 0 Å². The molecule has 96 valence electrons. The third kappa shape index (κ3) is 2.59. The van der Waals surface area contributed by atoms with Gasteiger partial charge in [-0.3, -0.25) is 0 Å². The van der Waals surface area contributed by atoms with Gasteiger partial charge in [0.2, 0.25) is 0 Å². The van der Waals surface area contributed by atoms with E-state index in [1.54, 1.807) is 0 Å². The summed E-state index contributed by atoms with van der Waals surface area (Å²) >= 11 is 0. The standard InChI is InChI=1S/C14H19N3O/c1-8(2)12(15)13-16-14(18-17-13)11-6-9(3)5-10(4)7-11/h5-8,12H,15H2,1-4H3. The molecular formula is C14H19N3O. The van der Waals surface area contributed by atoms with E-state index in [0.717, 1.165) is 5.56 Å². The Morgan fingerprint density at radius 3 is 2.28 bits per heavy atom. The summed E-state index contributed by atoms with van der Waals surface area (Å²) in [5.41, 5.74) is 9.31. The Morgan fingerprint density at radius 1 is 1.11 bits per heavy atom. The van der Waals surface area contributed by atoms with Crippen molar-refractivity contribution in [1.29, 1.82) is 0 Å². The van der Waals surface area contributed by atoms with Crippen molar-refractivity contribution in [2.75, 3.05) is 0 Å². The Balaban J connectivity index is 2.35. The van der Waals surface area contributed by atoms with E-state index >= 15 is 0 Å². The highest BCUT2D eigenvalue weighted by molar-refractivity contribution is 5.55. The van der Waals surface area contributed by atoms with Gasteiger partial charge in [0.25, 0.3) is 5.89 Å². The molecule has 1 aromatic carbocycles. The molecule has 0 saturated carbocycles. The van der Waals surface area contributed by atoms with E-state index in [4.69, 9.17) is 10.3 Å². The van der Waals surface area contributed by atoms with Crippen LogP contribution in [0.4, 0.5) is 0 Å². The van der Waals surface area contributed by atoms with Gasteiger partial charge in [0, 0.05) is 5.56 Å². The molecule has 0 amide bonds.